The highest BCUT2D eigenvalue weighted by molar-refractivity contribution is 6.34. The first-order chi connectivity index (χ1) is 14.7. The molecule has 4 nitrogen and oxygen atoms in total. The molecule has 1 aromatic heterocycles. The SMILES string of the molecule is C#CCn1c(C)c(/C=C2/C(=O)N(c3ccccc3)N=C2C(F)(F)F)c2cccc(C)c21. The van der Waals surface area contributed by atoms with Gasteiger partial charge in [0.2, 0.25) is 0 Å². The summed E-state index contributed by atoms with van der Waals surface area (Å²) in [5.74, 6) is 1.75. The summed E-state index contributed by atoms with van der Waals surface area (Å²) in [5.41, 5.74) is 1.52. The van der Waals surface area contributed by atoms with Crippen molar-refractivity contribution in [3.63, 3.8) is 0 Å². The van der Waals surface area contributed by atoms with Gasteiger partial charge in [0.05, 0.1) is 23.3 Å². The van der Waals surface area contributed by atoms with E-state index in [0.717, 1.165) is 21.5 Å². The lowest BCUT2D eigenvalue weighted by atomic mass is 10.0. The molecule has 2 aromatic carbocycles. The molecule has 0 aliphatic carbocycles. The lowest BCUT2D eigenvalue weighted by Crippen LogP contribution is -2.25. The van der Waals surface area contributed by atoms with Crippen molar-refractivity contribution in [1.82, 2.24) is 4.57 Å². The summed E-state index contributed by atoms with van der Waals surface area (Å²) in [5, 5.41) is 5.14. The summed E-state index contributed by atoms with van der Waals surface area (Å²) in [6.45, 7) is 3.95. The Kier molecular flexibility index (Phi) is 4.94. The zero-order chi connectivity index (χ0) is 22.3. The molecular formula is C24H18F3N3O. The summed E-state index contributed by atoms with van der Waals surface area (Å²) in [6, 6.07) is 13.6. The van der Waals surface area contributed by atoms with E-state index >= 15 is 0 Å². The third-order valence-corrected chi connectivity index (χ3v) is 5.28. The fourth-order valence-electron chi connectivity index (χ4n) is 3.86. The molecule has 1 amide bonds. The van der Waals surface area contributed by atoms with Crippen molar-refractivity contribution in [2.75, 3.05) is 5.01 Å². The van der Waals surface area contributed by atoms with Crippen molar-refractivity contribution in [1.29, 1.82) is 0 Å². The molecule has 7 heteroatoms. The van der Waals surface area contributed by atoms with Crippen LogP contribution in [0.3, 0.4) is 0 Å². The molecule has 0 unspecified atom stereocenters. The first-order valence-corrected chi connectivity index (χ1v) is 9.53. The predicted octanol–water partition coefficient (Wildman–Crippen LogP) is 5.24. The van der Waals surface area contributed by atoms with E-state index < -0.39 is 23.4 Å². The second-order valence-electron chi connectivity index (χ2n) is 7.22. The van der Waals surface area contributed by atoms with Crippen molar-refractivity contribution < 1.29 is 18.0 Å². The Bertz CT molecular complexity index is 1290. The molecule has 4 rings (SSSR count). The van der Waals surface area contributed by atoms with Crippen molar-refractivity contribution >= 4 is 34.3 Å². The number of hydrogen-bond donors (Lipinski definition) is 0. The van der Waals surface area contributed by atoms with Crippen LogP contribution in [0.2, 0.25) is 0 Å². The molecule has 0 saturated heterocycles. The number of benzene rings is 2. The van der Waals surface area contributed by atoms with Crippen LogP contribution in [0, 0.1) is 26.2 Å². The van der Waals surface area contributed by atoms with Gasteiger partial charge in [0.15, 0.2) is 5.71 Å². The van der Waals surface area contributed by atoms with Crippen LogP contribution >= 0.6 is 0 Å². The van der Waals surface area contributed by atoms with Gasteiger partial charge in [-0.2, -0.15) is 23.3 Å². The van der Waals surface area contributed by atoms with Gasteiger partial charge >= 0.3 is 6.18 Å². The number of anilines is 1. The van der Waals surface area contributed by atoms with Gasteiger partial charge in [-0.05, 0) is 37.6 Å². The summed E-state index contributed by atoms with van der Waals surface area (Å²) in [6.07, 6.45) is 2.01. The minimum absolute atomic E-state index is 0.264. The van der Waals surface area contributed by atoms with Crippen LogP contribution in [0.4, 0.5) is 18.9 Å². The molecule has 2 heterocycles. The first kappa shape index (κ1) is 20.5. The standard InChI is InChI=1S/C24H18F3N3O/c1-4-13-29-16(3)19(18-12-8-9-15(2)21(18)29)14-20-22(24(25,26)27)28-30(23(20)31)17-10-6-5-7-11-17/h1,5-12,14H,13H2,2-3H3/b20-14+. The van der Waals surface area contributed by atoms with Crippen LogP contribution in [0.5, 0.6) is 0 Å². The number of aromatic nitrogens is 1. The van der Waals surface area contributed by atoms with Crippen LogP contribution in [-0.2, 0) is 11.3 Å². The maximum Gasteiger partial charge on any atom is 0.435 e. The van der Waals surface area contributed by atoms with Crippen LogP contribution in [0.15, 0.2) is 59.2 Å². The Morgan fingerprint density at radius 3 is 2.45 bits per heavy atom. The number of terminal acetylenes is 1. The zero-order valence-corrected chi connectivity index (χ0v) is 16.9. The quantitative estimate of drug-likeness (QED) is 0.421. The molecule has 0 spiro atoms. The van der Waals surface area contributed by atoms with Crippen LogP contribution in [-0.4, -0.2) is 22.4 Å². The van der Waals surface area contributed by atoms with Crippen LogP contribution < -0.4 is 5.01 Å². The van der Waals surface area contributed by atoms with Gasteiger partial charge in [0, 0.05) is 16.6 Å². The molecule has 0 fully saturated rings. The molecule has 0 saturated carbocycles. The van der Waals surface area contributed by atoms with Crippen LogP contribution in [0.25, 0.3) is 17.0 Å². The highest BCUT2D eigenvalue weighted by Crippen LogP contribution is 2.35. The number of carbonyl (C=O) groups is 1. The highest BCUT2D eigenvalue weighted by atomic mass is 19.4. The number of nitrogens with zero attached hydrogens (tertiary/aromatic N) is 3. The van der Waals surface area contributed by atoms with E-state index in [4.69, 9.17) is 6.42 Å². The van der Waals surface area contributed by atoms with E-state index in [0.29, 0.717) is 11.3 Å². The molecular weight excluding hydrogens is 403 g/mol. The maximum absolute atomic E-state index is 13.8. The molecule has 0 N–H and O–H groups in total. The Balaban J connectivity index is 1.94. The van der Waals surface area contributed by atoms with Crippen molar-refractivity contribution in [3.05, 3.63) is 70.9 Å². The monoisotopic (exact) mass is 421 g/mol. The first-order valence-electron chi connectivity index (χ1n) is 9.53. The molecule has 1 aliphatic heterocycles. The second kappa shape index (κ2) is 7.47. The molecule has 1 aliphatic rings. The average molecular weight is 421 g/mol. The number of amides is 1. The van der Waals surface area contributed by atoms with Gasteiger partial charge in [0.25, 0.3) is 5.91 Å². The summed E-state index contributed by atoms with van der Waals surface area (Å²) >= 11 is 0. The summed E-state index contributed by atoms with van der Waals surface area (Å²) in [7, 11) is 0. The fourth-order valence-corrected chi connectivity index (χ4v) is 3.86. The minimum atomic E-state index is -4.79. The number of alkyl halides is 3. The topological polar surface area (TPSA) is 37.6 Å². The normalized spacial score (nSPS) is 15.6. The number of aryl methyl sites for hydroxylation is 1. The number of hydrogen-bond acceptors (Lipinski definition) is 2. The van der Waals surface area contributed by atoms with Crippen molar-refractivity contribution in [2.45, 2.75) is 26.6 Å². The Labute approximate surface area is 177 Å². The molecule has 3 aromatic rings. The van der Waals surface area contributed by atoms with E-state index in [1.54, 1.807) is 25.1 Å². The molecule has 0 bridgehead atoms. The van der Waals surface area contributed by atoms with Crippen molar-refractivity contribution in [3.8, 4) is 12.3 Å². The summed E-state index contributed by atoms with van der Waals surface area (Å²) in [4.78, 5) is 13.0. The number of hydrazone groups is 1. The second-order valence-corrected chi connectivity index (χ2v) is 7.22. The van der Waals surface area contributed by atoms with Gasteiger partial charge in [-0.1, -0.05) is 42.3 Å². The largest absolute Gasteiger partial charge is 0.435 e. The lowest BCUT2D eigenvalue weighted by Gasteiger charge is -2.10. The predicted molar refractivity (Wildman–Crippen MR) is 116 cm³/mol. The van der Waals surface area contributed by atoms with Gasteiger partial charge in [-0.25, -0.2) is 0 Å². The Morgan fingerprint density at radius 2 is 1.81 bits per heavy atom. The van der Waals surface area contributed by atoms with Gasteiger partial charge in [-0.15, -0.1) is 6.42 Å². The molecule has 156 valence electrons. The van der Waals surface area contributed by atoms with E-state index in [2.05, 4.69) is 11.0 Å². The van der Waals surface area contributed by atoms with Gasteiger partial charge < -0.3 is 4.57 Å². The minimum Gasteiger partial charge on any atom is -0.332 e. The summed E-state index contributed by atoms with van der Waals surface area (Å²) < 4.78 is 43.3. The third-order valence-electron chi connectivity index (χ3n) is 5.28. The third kappa shape index (κ3) is 3.40. The molecule has 31 heavy (non-hydrogen) atoms. The van der Waals surface area contributed by atoms with Crippen LogP contribution in [0.1, 0.15) is 16.8 Å². The van der Waals surface area contributed by atoms with E-state index in [-0.39, 0.29) is 12.2 Å². The lowest BCUT2D eigenvalue weighted by molar-refractivity contribution is -0.114. The number of para-hydroxylation sites is 2. The Morgan fingerprint density at radius 1 is 1.10 bits per heavy atom. The van der Waals surface area contributed by atoms with E-state index in [1.165, 1.54) is 18.2 Å². The molecule has 0 radical (unpaired) electrons. The number of halogens is 3. The molecule has 0 atom stereocenters. The van der Waals surface area contributed by atoms with Crippen molar-refractivity contribution in [2.24, 2.45) is 5.10 Å². The van der Waals surface area contributed by atoms with Gasteiger partial charge in [0.1, 0.15) is 0 Å². The average Bonchev–Trinajstić information content (AvgIpc) is 3.20. The Hall–Kier alpha value is -3.79. The smallest absolute Gasteiger partial charge is 0.332 e. The fraction of sp³-hybridized carbons (Fsp3) is 0.167. The highest BCUT2D eigenvalue weighted by Gasteiger charge is 2.47. The van der Waals surface area contributed by atoms with E-state index in [9.17, 15) is 18.0 Å². The van der Waals surface area contributed by atoms with Gasteiger partial charge in [-0.3, -0.25) is 4.79 Å². The maximum atomic E-state index is 13.8. The number of fused-ring (bicyclic) bond motifs is 1. The number of rotatable bonds is 3. The zero-order valence-electron chi connectivity index (χ0n) is 16.9. The number of carbonyl (C=O) groups excluding carboxylic acids is 1. The van der Waals surface area contributed by atoms with E-state index in [1.807, 2.05) is 29.7 Å².